The summed E-state index contributed by atoms with van der Waals surface area (Å²) in [6.45, 7) is -0.333. The molecule has 11 nitrogen and oxygen atoms in total. The maximum absolute atomic E-state index is 12.8. The van der Waals surface area contributed by atoms with Crippen LogP contribution in [-0.2, 0) is 0 Å². The van der Waals surface area contributed by atoms with Crippen LogP contribution in [0.25, 0.3) is 22.3 Å². The fourth-order valence-corrected chi connectivity index (χ4v) is 4.50. The van der Waals surface area contributed by atoms with Crippen molar-refractivity contribution in [1.82, 2.24) is 34.5 Å². The summed E-state index contributed by atoms with van der Waals surface area (Å²) < 4.78 is 31.6. The zero-order valence-electron chi connectivity index (χ0n) is 20.3. The fraction of sp³-hybridized carbons (Fsp3) is 0.320. The number of H-pyrrole nitrogens is 1. The quantitative estimate of drug-likeness (QED) is 0.362. The highest BCUT2D eigenvalue weighted by molar-refractivity contribution is 5.91. The third-order valence-corrected chi connectivity index (χ3v) is 6.40. The van der Waals surface area contributed by atoms with Gasteiger partial charge in [0.05, 0.1) is 36.1 Å². The molecule has 1 aromatic carbocycles. The van der Waals surface area contributed by atoms with Gasteiger partial charge in [0, 0.05) is 56.1 Å². The number of piperazine rings is 1. The van der Waals surface area contributed by atoms with Crippen molar-refractivity contribution >= 4 is 22.8 Å². The van der Waals surface area contributed by atoms with Crippen molar-refractivity contribution in [2.75, 3.05) is 38.0 Å². The number of anilines is 1. The number of rotatable bonds is 8. The number of nitrogens with zero attached hydrogens (tertiary/aromatic N) is 7. The number of urea groups is 1. The summed E-state index contributed by atoms with van der Waals surface area (Å²) in [5.41, 5.74) is 2.52. The molecule has 5 rings (SSSR count). The molecule has 2 N–H and O–H groups in total. The van der Waals surface area contributed by atoms with Crippen LogP contribution >= 0.6 is 0 Å². The van der Waals surface area contributed by atoms with Crippen LogP contribution in [0.5, 0.6) is 5.75 Å². The van der Waals surface area contributed by atoms with Crippen LogP contribution < -0.4 is 10.1 Å². The van der Waals surface area contributed by atoms with Gasteiger partial charge in [-0.2, -0.15) is 19.1 Å². The average Bonchev–Trinajstić information content (AvgIpc) is 3.60. The third-order valence-electron chi connectivity index (χ3n) is 6.40. The van der Waals surface area contributed by atoms with E-state index >= 15 is 0 Å². The molecule has 0 bridgehead atoms. The van der Waals surface area contributed by atoms with E-state index in [0.717, 1.165) is 22.3 Å². The fourth-order valence-electron chi connectivity index (χ4n) is 4.50. The lowest BCUT2D eigenvalue weighted by Gasteiger charge is -2.36. The largest absolute Gasteiger partial charge is 0.433 e. The molecule has 1 aliphatic heterocycles. The second kappa shape index (κ2) is 11.2. The molecule has 1 fully saturated rings. The van der Waals surface area contributed by atoms with Gasteiger partial charge in [0.2, 0.25) is 0 Å². The number of alkyl halides is 2. The molecular weight excluding hydrogens is 496 g/mol. The standard InChI is InChI=1S/C25H25F2N9O2/c26-24(27)38-21-4-2-1-3-20(21)33-25(37)35-11-9-34(10-12-35)15-18(5-7-28)36-14-17(13-32-36)22-19-6-8-29-23(19)31-16-30-22/h1-4,6,8,13-14,16,18,24H,5,9-12,15H2,(H,33,37)(H,29,30,31). The third kappa shape index (κ3) is 5.55. The molecule has 0 spiro atoms. The zero-order valence-corrected chi connectivity index (χ0v) is 20.3. The van der Waals surface area contributed by atoms with Crippen LogP contribution in [0.4, 0.5) is 19.3 Å². The van der Waals surface area contributed by atoms with E-state index in [1.165, 1.54) is 18.5 Å². The Kier molecular flexibility index (Phi) is 7.41. The zero-order chi connectivity index (χ0) is 26.5. The SMILES string of the molecule is N#CCC(CN1CCN(C(=O)Nc2ccccc2OC(F)F)CC1)n1cc(-c2ncnc3[nH]ccc23)cn1. The number of benzene rings is 1. The van der Waals surface area contributed by atoms with E-state index in [4.69, 9.17) is 0 Å². The Morgan fingerprint density at radius 3 is 2.79 bits per heavy atom. The van der Waals surface area contributed by atoms with Crippen molar-refractivity contribution in [3.05, 3.63) is 55.2 Å². The Morgan fingerprint density at radius 1 is 1.18 bits per heavy atom. The van der Waals surface area contributed by atoms with Crippen molar-refractivity contribution in [3.63, 3.8) is 0 Å². The number of carbonyl (C=O) groups excluding carboxylic acids is 1. The first-order valence-corrected chi connectivity index (χ1v) is 12.0. The molecule has 38 heavy (non-hydrogen) atoms. The minimum absolute atomic E-state index is 0.0911. The number of hydrogen-bond donors (Lipinski definition) is 2. The van der Waals surface area contributed by atoms with Crippen molar-refractivity contribution in [2.24, 2.45) is 0 Å². The van der Waals surface area contributed by atoms with Gasteiger partial charge >= 0.3 is 12.6 Å². The smallest absolute Gasteiger partial charge is 0.387 e. The summed E-state index contributed by atoms with van der Waals surface area (Å²) in [6.07, 6.45) is 7.20. The number of nitrogens with one attached hydrogen (secondary N) is 2. The summed E-state index contributed by atoms with van der Waals surface area (Å²) in [4.78, 5) is 28.3. The lowest BCUT2D eigenvalue weighted by Crippen LogP contribution is -2.51. The Morgan fingerprint density at radius 2 is 2.00 bits per heavy atom. The Bertz CT molecular complexity index is 1440. The molecule has 0 radical (unpaired) electrons. The van der Waals surface area contributed by atoms with Gasteiger partial charge < -0.3 is 19.9 Å². The van der Waals surface area contributed by atoms with Crippen LogP contribution in [-0.4, -0.2) is 79.9 Å². The van der Waals surface area contributed by atoms with Crippen molar-refractivity contribution in [3.8, 4) is 23.1 Å². The van der Waals surface area contributed by atoms with E-state index in [9.17, 15) is 18.8 Å². The molecule has 196 valence electrons. The summed E-state index contributed by atoms with van der Waals surface area (Å²) in [5.74, 6) is -0.0911. The molecule has 4 heterocycles. The van der Waals surface area contributed by atoms with E-state index < -0.39 is 6.61 Å². The Labute approximate surface area is 216 Å². The number of nitriles is 1. The average molecular weight is 522 g/mol. The van der Waals surface area contributed by atoms with Crippen LogP contribution in [0.3, 0.4) is 0 Å². The van der Waals surface area contributed by atoms with Crippen molar-refractivity contribution in [2.45, 2.75) is 19.1 Å². The number of fused-ring (bicyclic) bond motifs is 1. The van der Waals surface area contributed by atoms with Gasteiger partial charge in [-0.15, -0.1) is 0 Å². The maximum Gasteiger partial charge on any atom is 0.387 e. The molecule has 0 saturated carbocycles. The summed E-state index contributed by atoms with van der Waals surface area (Å²) >= 11 is 0. The first-order valence-electron chi connectivity index (χ1n) is 12.0. The number of para-hydroxylation sites is 2. The second-order valence-corrected chi connectivity index (χ2v) is 8.78. The molecule has 1 atom stereocenters. The summed E-state index contributed by atoms with van der Waals surface area (Å²) in [7, 11) is 0. The summed E-state index contributed by atoms with van der Waals surface area (Å²) in [5, 5.41) is 17.5. The molecular formula is C25H25F2N9O2. The van der Waals surface area contributed by atoms with Crippen LogP contribution in [0.2, 0.25) is 0 Å². The van der Waals surface area contributed by atoms with Gasteiger partial charge in [0.25, 0.3) is 0 Å². The van der Waals surface area contributed by atoms with Crippen molar-refractivity contribution < 1.29 is 18.3 Å². The molecule has 2 amide bonds. The van der Waals surface area contributed by atoms with E-state index in [1.807, 2.05) is 18.5 Å². The van der Waals surface area contributed by atoms with E-state index in [1.54, 1.807) is 27.9 Å². The predicted octanol–water partition coefficient (Wildman–Crippen LogP) is 3.73. The normalized spacial score (nSPS) is 14.9. The van der Waals surface area contributed by atoms with Crippen LogP contribution in [0.1, 0.15) is 12.5 Å². The number of ether oxygens (including phenoxy) is 1. The minimum atomic E-state index is -2.99. The number of aromatic nitrogens is 5. The first-order chi connectivity index (χ1) is 18.5. The number of halogens is 2. The summed E-state index contributed by atoms with van der Waals surface area (Å²) in [6, 6.07) is 9.66. The lowest BCUT2D eigenvalue weighted by atomic mass is 10.1. The van der Waals surface area contributed by atoms with E-state index in [2.05, 4.69) is 41.1 Å². The number of hydrogen-bond acceptors (Lipinski definition) is 7. The van der Waals surface area contributed by atoms with Crippen LogP contribution in [0, 0.1) is 11.3 Å². The lowest BCUT2D eigenvalue weighted by molar-refractivity contribution is -0.0493. The van der Waals surface area contributed by atoms with Gasteiger partial charge in [-0.1, -0.05) is 12.1 Å². The number of aromatic amines is 1. The molecule has 13 heteroatoms. The van der Waals surface area contributed by atoms with Gasteiger partial charge in [-0.25, -0.2) is 14.8 Å². The van der Waals surface area contributed by atoms with E-state index in [0.29, 0.717) is 32.7 Å². The maximum atomic E-state index is 12.8. The predicted molar refractivity (Wildman–Crippen MR) is 134 cm³/mol. The highest BCUT2D eigenvalue weighted by Gasteiger charge is 2.25. The molecule has 3 aromatic heterocycles. The molecule has 1 aliphatic rings. The molecule has 0 aliphatic carbocycles. The van der Waals surface area contributed by atoms with Gasteiger partial charge in [-0.3, -0.25) is 9.58 Å². The van der Waals surface area contributed by atoms with Crippen LogP contribution in [0.15, 0.2) is 55.2 Å². The van der Waals surface area contributed by atoms with Gasteiger partial charge in [0.1, 0.15) is 17.7 Å². The number of amides is 2. The van der Waals surface area contributed by atoms with Gasteiger partial charge in [0.15, 0.2) is 0 Å². The second-order valence-electron chi connectivity index (χ2n) is 8.78. The number of carbonyl (C=O) groups is 1. The van der Waals surface area contributed by atoms with Gasteiger partial charge in [-0.05, 0) is 18.2 Å². The monoisotopic (exact) mass is 521 g/mol. The van der Waals surface area contributed by atoms with Crippen molar-refractivity contribution in [1.29, 1.82) is 5.26 Å². The first kappa shape index (κ1) is 25.1. The topological polar surface area (TPSA) is 128 Å². The molecule has 1 unspecified atom stereocenters. The highest BCUT2D eigenvalue weighted by Crippen LogP contribution is 2.27. The van der Waals surface area contributed by atoms with E-state index in [-0.39, 0.29) is 29.9 Å². The Hall–Kier alpha value is -4.57. The minimum Gasteiger partial charge on any atom is -0.433 e. The molecule has 4 aromatic rings. The Balaban J connectivity index is 1.20. The molecule has 1 saturated heterocycles. The highest BCUT2D eigenvalue weighted by atomic mass is 19.3.